The summed E-state index contributed by atoms with van der Waals surface area (Å²) >= 11 is 0. The van der Waals surface area contributed by atoms with E-state index in [1.54, 1.807) is 11.0 Å². The Hall–Kier alpha value is -1.64. The molecular formula is C16H25N3O4S. The van der Waals surface area contributed by atoms with Crippen molar-refractivity contribution in [2.75, 3.05) is 36.1 Å². The van der Waals surface area contributed by atoms with Crippen LogP contribution < -0.4 is 15.4 Å². The van der Waals surface area contributed by atoms with Gasteiger partial charge in [0.25, 0.3) is 0 Å². The van der Waals surface area contributed by atoms with E-state index in [4.69, 9.17) is 10.5 Å². The van der Waals surface area contributed by atoms with E-state index in [1.807, 2.05) is 26.0 Å². The van der Waals surface area contributed by atoms with Crippen LogP contribution in [0, 0.1) is 0 Å². The second kappa shape index (κ2) is 7.96. The number of carbonyl (C=O) groups is 1. The molecule has 0 aromatic heterocycles. The molecule has 1 heterocycles. The predicted octanol–water partition coefficient (Wildman–Crippen LogP) is 0.892. The van der Waals surface area contributed by atoms with E-state index < -0.39 is 10.0 Å². The Morgan fingerprint density at radius 1 is 1.42 bits per heavy atom. The van der Waals surface area contributed by atoms with Crippen molar-refractivity contribution in [2.24, 2.45) is 0 Å². The van der Waals surface area contributed by atoms with Crippen LogP contribution in [0.1, 0.15) is 25.8 Å². The van der Waals surface area contributed by atoms with Crippen molar-refractivity contribution in [1.82, 2.24) is 4.72 Å². The van der Waals surface area contributed by atoms with Gasteiger partial charge in [-0.3, -0.25) is 4.79 Å². The lowest BCUT2D eigenvalue weighted by Gasteiger charge is -2.30. The Morgan fingerprint density at radius 3 is 2.88 bits per heavy atom. The number of carbonyl (C=O) groups excluding carboxylic acids is 1. The topological polar surface area (TPSA) is 102 Å². The summed E-state index contributed by atoms with van der Waals surface area (Å²) in [6, 6.07) is 5.45. The van der Waals surface area contributed by atoms with Gasteiger partial charge in [-0.05, 0) is 44.4 Å². The van der Waals surface area contributed by atoms with Crippen molar-refractivity contribution in [2.45, 2.75) is 32.8 Å². The van der Waals surface area contributed by atoms with Gasteiger partial charge in [0, 0.05) is 17.9 Å². The van der Waals surface area contributed by atoms with E-state index >= 15 is 0 Å². The Morgan fingerprint density at radius 2 is 2.17 bits per heavy atom. The highest BCUT2D eigenvalue weighted by Gasteiger charge is 2.24. The maximum Gasteiger partial charge on any atom is 0.242 e. The van der Waals surface area contributed by atoms with E-state index in [0.717, 1.165) is 24.1 Å². The van der Waals surface area contributed by atoms with Gasteiger partial charge in [0.2, 0.25) is 15.9 Å². The van der Waals surface area contributed by atoms with Crippen molar-refractivity contribution >= 4 is 27.3 Å². The van der Waals surface area contributed by atoms with Crippen molar-refractivity contribution in [3.63, 3.8) is 0 Å². The third kappa shape index (κ3) is 4.93. The highest BCUT2D eigenvalue weighted by Crippen LogP contribution is 2.31. The van der Waals surface area contributed by atoms with Crippen molar-refractivity contribution in [1.29, 1.82) is 0 Å². The van der Waals surface area contributed by atoms with E-state index in [1.165, 1.54) is 0 Å². The number of nitrogens with two attached hydrogens (primary N) is 1. The van der Waals surface area contributed by atoms with Crippen LogP contribution in [0.5, 0.6) is 0 Å². The Bertz CT molecular complexity index is 689. The Kier molecular flexibility index (Phi) is 6.20. The molecule has 0 bridgehead atoms. The largest absolute Gasteiger partial charge is 0.398 e. The minimum absolute atomic E-state index is 0.0304. The number of sulfonamides is 1. The van der Waals surface area contributed by atoms with Crippen LogP contribution in [0.2, 0.25) is 0 Å². The minimum atomic E-state index is -3.54. The fraction of sp³-hybridized carbons (Fsp3) is 0.562. The smallest absolute Gasteiger partial charge is 0.242 e. The average molecular weight is 355 g/mol. The fourth-order valence-electron chi connectivity index (χ4n) is 2.64. The molecule has 0 aliphatic carbocycles. The molecule has 1 amide bonds. The summed E-state index contributed by atoms with van der Waals surface area (Å²) in [4.78, 5) is 14.0. The lowest BCUT2D eigenvalue weighted by molar-refractivity contribution is -0.117. The van der Waals surface area contributed by atoms with E-state index in [-0.39, 0.29) is 30.9 Å². The van der Waals surface area contributed by atoms with Crippen LogP contribution in [0.3, 0.4) is 0 Å². The van der Waals surface area contributed by atoms with Gasteiger partial charge >= 0.3 is 0 Å². The zero-order valence-corrected chi connectivity index (χ0v) is 14.9. The normalized spacial score (nSPS) is 14.7. The Labute approximate surface area is 143 Å². The number of benzene rings is 1. The van der Waals surface area contributed by atoms with Gasteiger partial charge in [0.05, 0.1) is 25.0 Å². The SMILES string of the molecule is CC(C)OCCS(=O)(=O)NCC(=O)N1CCCc2c(N)cccc21. The van der Waals surface area contributed by atoms with Gasteiger partial charge in [-0.15, -0.1) is 0 Å². The maximum absolute atomic E-state index is 12.4. The molecule has 0 saturated carbocycles. The molecule has 7 nitrogen and oxygen atoms in total. The third-order valence-electron chi connectivity index (χ3n) is 3.83. The quantitative estimate of drug-likeness (QED) is 0.707. The maximum atomic E-state index is 12.4. The van der Waals surface area contributed by atoms with Crippen LogP contribution in [0.4, 0.5) is 11.4 Å². The first-order valence-electron chi connectivity index (χ1n) is 8.07. The molecule has 0 spiro atoms. The number of rotatable bonds is 7. The molecule has 1 aliphatic heterocycles. The Balaban J connectivity index is 1.96. The number of nitrogen functional groups attached to an aromatic ring is 1. The number of fused-ring (bicyclic) bond motifs is 1. The molecule has 1 aromatic rings. The minimum Gasteiger partial charge on any atom is -0.398 e. The third-order valence-corrected chi connectivity index (χ3v) is 5.12. The summed E-state index contributed by atoms with van der Waals surface area (Å²) < 4.78 is 31.4. The molecule has 0 atom stereocenters. The molecule has 1 aromatic carbocycles. The monoisotopic (exact) mass is 355 g/mol. The molecule has 0 fully saturated rings. The summed E-state index contributed by atoms with van der Waals surface area (Å²) in [5, 5.41) is 0. The summed E-state index contributed by atoms with van der Waals surface area (Å²) in [6.45, 7) is 4.07. The number of hydrogen-bond donors (Lipinski definition) is 2. The first-order valence-corrected chi connectivity index (χ1v) is 9.72. The first-order chi connectivity index (χ1) is 11.3. The summed E-state index contributed by atoms with van der Waals surface area (Å²) in [5.41, 5.74) is 8.35. The number of nitrogens with one attached hydrogen (secondary N) is 1. The number of anilines is 2. The van der Waals surface area contributed by atoms with E-state index in [0.29, 0.717) is 12.2 Å². The fourth-order valence-corrected chi connectivity index (χ4v) is 3.45. The number of amides is 1. The molecule has 0 unspecified atom stereocenters. The van der Waals surface area contributed by atoms with Gasteiger partial charge in [-0.25, -0.2) is 13.1 Å². The predicted molar refractivity (Wildman–Crippen MR) is 94.4 cm³/mol. The van der Waals surface area contributed by atoms with Crippen LogP contribution >= 0.6 is 0 Å². The van der Waals surface area contributed by atoms with Gasteiger partial charge in [-0.2, -0.15) is 0 Å². The van der Waals surface area contributed by atoms with Crippen LogP contribution in [0.25, 0.3) is 0 Å². The van der Waals surface area contributed by atoms with Crippen LogP contribution in [-0.4, -0.2) is 45.9 Å². The van der Waals surface area contributed by atoms with Crippen LogP contribution in [0.15, 0.2) is 18.2 Å². The molecule has 134 valence electrons. The van der Waals surface area contributed by atoms with E-state index in [9.17, 15) is 13.2 Å². The number of nitrogens with zero attached hydrogens (tertiary/aromatic N) is 1. The molecule has 0 radical (unpaired) electrons. The number of ether oxygens (including phenoxy) is 1. The lowest BCUT2D eigenvalue weighted by atomic mass is 10.00. The summed E-state index contributed by atoms with van der Waals surface area (Å²) in [5.74, 6) is -0.447. The molecule has 8 heteroatoms. The summed E-state index contributed by atoms with van der Waals surface area (Å²) in [7, 11) is -3.54. The zero-order valence-electron chi connectivity index (χ0n) is 14.1. The van der Waals surface area contributed by atoms with Crippen molar-refractivity contribution in [3.8, 4) is 0 Å². The van der Waals surface area contributed by atoms with Gasteiger partial charge in [0.15, 0.2) is 0 Å². The lowest BCUT2D eigenvalue weighted by Crippen LogP contribution is -2.43. The van der Waals surface area contributed by atoms with Crippen LogP contribution in [-0.2, 0) is 26.0 Å². The molecular weight excluding hydrogens is 330 g/mol. The molecule has 24 heavy (non-hydrogen) atoms. The first kappa shape index (κ1) is 18.7. The van der Waals surface area contributed by atoms with E-state index in [2.05, 4.69) is 4.72 Å². The van der Waals surface area contributed by atoms with Crippen molar-refractivity contribution in [3.05, 3.63) is 23.8 Å². The molecule has 2 rings (SSSR count). The highest BCUT2D eigenvalue weighted by atomic mass is 32.2. The molecule has 0 saturated heterocycles. The van der Waals surface area contributed by atoms with Gasteiger partial charge in [0.1, 0.15) is 0 Å². The standard InChI is InChI=1S/C16H25N3O4S/c1-12(2)23-9-10-24(21,22)18-11-16(20)19-8-4-5-13-14(17)6-3-7-15(13)19/h3,6-7,12,18H,4-5,8-11,17H2,1-2H3. The second-order valence-corrected chi connectivity index (χ2v) is 7.98. The second-order valence-electron chi connectivity index (χ2n) is 6.05. The summed E-state index contributed by atoms with van der Waals surface area (Å²) in [6.07, 6.45) is 1.60. The van der Waals surface area contributed by atoms with Crippen molar-refractivity contribution < 1.29 is 17.9 Å². The highest BCUT2D eigenvalue weighted by molar-refractivity contribution is 7.89. The van der Waals surface area contributed by atoms with Gasteiger partial charge < -0.3 is 15.4 Å². The molecule has 1 aliphatic rings. The zero-order chi connectivity index (χ0) is 17.7. The molecule has 3 N–H and O–H groups in total. The van der Waals surface area contributed by atoms with Gasteiger partial charge in [-0.1, -0.05) is 6.07 Å². The average Bonchev–Trinajstić information content (AvgIpc) is 2.52. The number of hydrogen-bond acceptors (Lipinski definition) is 5.